The van der Waals surface area contributed by atoms with E-state index >= 15 is 0 Å². The summed E-state index contributed by atoms with van der Waals surface area (Å²) in [6, 6.07) is 0. The number of rotatable bonds is 0. The third-order valence-electron chi connectivity index (χ3n) is 1.37. The summed E-state index contributed by atoms with van der Waals surface area (Å²) in [5.41, 5.74) is 0. The third kappa shape index (κ3) is 0.778. The van der Waals surface area contributed by atoms with Gasteiger partial charge in [0.25, 0.3) is 0 Å². The van der Waals surface area contributed by atoms with Gasteiger partial charge in [-0.25, -0.2) is 0 Å². The van der Waals surface area contributed by atoms with E-state index in [1.165, 1.54) is 0 Å². The predicted molar refractivity (Wildman–Crippen MR) is 38.9 cm³/mol. The SMILES string of the molecule is [C]1=CN2C=[C]CN=C2C=C1. The van der Waals surface area contributed by atoms with Gasteiger partial charge in [-0.3, -0.25) is 4.99 Å². The van der Waals surface area contributed by atoms with Crippen molar-refractivity contribution in [1.29, 1.82) is 0 Å². The Morgan fingerprint density at radius 2 is 2.50 bits per heavy atom. The summed E-state index contributed by atoms with van der Waals surface area (Å²) in [4.78, 5) is 6.09. The van der Waals surface area contributed by atoms with Crippen LogP contribution in [0.1, 0.15) is 0 Å². The van der Waals surface area contributed by atoms with E-state index in [4.69, 9.17) is 0 Å². The van der Waals surface area contributed by atoms with Crippen LogP contribution in [0.5, 0.6) is 0 Å². The molecule has 0 saturated heterocycles. The van der Waals surface area contributed by atoms with Crippen molar-refractivity contribution in [2.75, 3.05) is 6.54 Å². The van der Waals surface area contributed by atoms with Gasteiger partial charge in [0, 0.05) is 12.4 Å². The van der Waals surface area contributed by atoms with Crippen LogP contribution < -0.4 is 0 Å². The first-order valence-corrected chi connectivity index (χ1v) is 3.12. The lowest BCUT2D eigenvalue weighted by Gasteiger charge is -2.19. The number of nitrogens with zero attached hydrogens (tertiary/aromatic N) is 2. The molecule has 10 heavy (non-hydrogen) atoms. The lowest BCUT2D eigenvalue weighted by molar-refractivity contribution is 0.725. The zero-order chi connectivity index (χ0) is 6.81. The molecule has 0 aromatic carbocycles. The molecular formula is C8H6N2. The molecule has 0 saturated carbocycles. The van der Waals surface area contributed by atoms with E-state index in [2.05, 4.69) is 17.1 Å². The van der Waals surface area contributed by atoms with Crippen LogP contribution in [0.3, 0.4) is 0 Å². The Kier molecular flexibility index (Phi) is 1.17. The van der Waals surface area contributed by atoms with Gasteiger partial charge in [0.05, 0.1) is 6.54 Å². The Morgan fingerprint density at radius 3 is 3.40 bits per heavy atom. The molecule has 0 aliphatic carbocycles. The molecule has 0 bridgehead atoms. The highest BCUT2D eigenvalue weighted by Crippen LogP contribution is 2.05. The van der Waals surface area contributed by atoms with Crippen LogP contribution in [-0.2, 0) is 0 Å². The van der Waals surface area contributed by atoms with Gasteiger partial charge in [-0.05, 0) is 24.3 Å². The Bertz CT molecular complexity index is 246. The Morgan fingerprint density at radius 1 is 1.50 bits per heavy atom. The van der Waals surface area contributed by atoms with Gasteiger partial charge < -0.3 is 4.90 Å². The molecule has 0 fully saturated rings. The molecule has 0 aromatic rings. The standard InChI is InChI=1S/C8H6N2/c1-2-6-10-7-3-5-9-8(10)4-1/h1,4,6-7H,5H2. The summed E-state index contributed by atoms with van der Waals surface area (Å²) >= 11 is 0. The highest BCUT2D eigenvalue weighted by atomic mass is 15.2. The first-order valence-electron chi connectivity index (χ1n) is 3.12. The van der Waals surface area contributed by atoms with Crippen LogP contribution in [0.25, 0.3) is 0 Å². The largest absolute Gasteiger partial charge is 0.308 e. The second kappa shape index (κ2) is 2.14. The van der Waals surface area contributed by atoms with Gasteiger partial charge in [-0.15, -0.1) is 0 Å². The third-order valence-corrected chi connectivity index (χ3v) is 1.37. The van der Waals surface area contributed by atoms with Gasteiger partial charge >= 0.3 is 0 Å². The first-order chi connectivity index (χ1) is 4.97. The summed E-state index contributed by atoms with van der Waals surface area (Å²) in [5, 5.41) is 0. The second-order valence-electron chi connectivity index (χ2n) is 2.04. The molecule has 2 radical (unpaired) electrons. The number of amidine groups is 1. The van der Waals surface area contributed by atoms with Gasteiger partial charge in [-0.2, -0.15) is 0 Å². The van der Waals surface area contributed by atoms with E-state index in [0.29, 0.717) is 6.54 Å². The topological polar surface area (TPSA) is 15.6 Å². The fraction of sp³-hybridized carbons (Fsp3) is 0.125. The maximum absolute atomic E-state index is 4.19. The van der Waals surface area contributed by atoms with Crippen molar-refractivity contribution >= 4 is 5.84 Å². The van der Waals surface area contributed by atoms with Gasteiger partial charge in [0.2, 0.25) is 0 Å². The van der Waals surface area contributed by atoms with Crippen molar-refractivity contribution in [1.82, 2.24) is 4.90 Å². The molecule has 0 amide bonds. The van der Waals surface area contributed by atoms with E-state index < -0.39 is 0 Å². The molecule has 0 unspecified atom stereocenters. The Balaban J connectivity index is 2.33. The first kappa shape index (κ1) is 5.47. The molecule has 48 valence electrons. The molecule has 0 atom stereocenters. The zero-order valence-corrected chi connectivity index (χ0v) is 5.41. The maximum atomic E-state index is 4.19. The zero-order valence-electron chi connectivity index (χ0n) is 5.41. The van der Waals surface area contributed by atoms with Crippen LogP contribution in [-0.4, -0.2) is 17.3 Å². The fourth-order valence-electron chi connectivity index (χ4n) is 0.902. The minimum absolute atomic E-state index is 0.671. The summed E-state index contributed by atoms with van der Waals surface area (Å²) < 4.78 is 0. The van der Waals surface area contributed by atoms with Crippen LogP contribution in [0.2, 0.25) is 0 Å². The lowest BCUT2D eigenvalue weighted by Crippen LogP contribution is -2.22. The normalized spacial score (nSPS) is 20.8. The molecule has 0 spiro atoms. The highest BCUT2D eigenvalue weighted by molar-refractivity contribution is 5.95. The maximum Gasteiger partial charge on any atom is 0.131 e. The lowest BCUT2D eigenvalue weighted by atomic mass is 10.3. The van der Waals surface area contributed by atoms with E-state index in [1.807, 2.05) is 29.5 Å². The smallest absolute Gasteiger partial charge is 0.131 e. The molecule has 2 rings (SSSR count). The summed E-state index contributed by atoms with van der Waals surface area (Å²) in [5.74, 6) is 0.970. The van der Waals surface area contributed by atoms with E-state index in [9.17, 15) is 0 Å². The van der Waals surface area contributed by atoms with Crippen LogP contribution in [0.15, 0.2) is 29.5 Å². The summed E-state index contributed by atoms with van der Waals surface area (Å²) in [7, 11) is 0. The molecule has 2 nitrogen and oxygen atoms in total. The van der Waals surface area contributed by atoms with Gasteiger partial charge in [0.15, 0.2) is 0 Å². The summed E-state index contributed by atoms with van der Waals surface area (Å²) in [6.07, 6.45) is 13.4. The van der Waals surface area contributed by atoms with Crippen LogP contribution in [0.4, 0.5) is 0 Å². The van der Waals surface area contributed by atoms with Crippen molar-refractivity contribution in [2.24, 2.45) is 4.99 Å². The molecule has 2 aliphatic heterocycles. The molecule has 0 aromatic heterocycles. The molecule has 2 heterocycles. The number of hydrogen-bond acceptors (Lipinski definition) is 2. The number of aliphatic imine (C=N–C) groups is 1. The van der Waals surface area contributed by atoms with E-state index in [0.717, 1.165) is 5.84 Å². The predicted octanol–water partition coefficient (Wildman–Crippen LogP) is 0.904. The van der Waals surface area contributed by atoms with Crippen molar-refractivity contribution in [3.05, 3.63) is 36.7 Å². The van der Waals surface area contributed by atoms with Crippen molar-refractivity contribution < 1.29 is 0 Å². The van der Waals surface area contributed by atoms with Crippen molar-refractivity contribution in [3.8, 4) is 0 Å². The van der Waals surface area contributed by atoms with Crippen molar-refractivity contribution in [3.63, 3.8) is 0 Å². The summed E-state index contributed by atoms with van der Waals surface area (Å²) in [6.45, 7) is 0.671. The van der Waals surface area contributed by atoms with Crippen LogP contribution in [0, 0.1) is 12.2 Å². The number of fused-ring (bicyclic) bond motifs is 1. The van der Waals surface area contributed by atoms with E-state index in [-0.39, 0.29) is 0 Å². The van der Waals surface area contributed by atoms with Crippen LogP contribution >= 0.6 is 0 Å². The minimum atomic E-state index is 0.671. The average molecular weight is 130 g/mol. The quantitative estimate of drug-likeness (QED) is 0.475. The minimum Gasteiger partial charge on any atom is -0.308 e. The monoisotopic (exact) mass is 130 g/mol. The number of allylic oxidation sites excluding steroid dienone is 2. The van der Waals surface area contributed by atoms with E-state index in [1.54, 1.807) is 0 Å². The molecular weight excluding hydrogens is 124 g/mol. The Hall–Kier alpha value is -1.31. The molecule has 0 N–H and O–H groups in total. The highest BCUT2D eigenvalue weighted by Gasteiger charge is 2.06. The average Bonchev–Trinajstić information content (AvgIpc) is 2.05. The van der Waals surface area contributed by atoms with Crippen molar-refractivity contribution in [2.45, 2.75) is 0 Å². The fourth-order valence-corrected chi connectivity index (χ4v) is 0.902. The number of hydrogen-bond donors (Lipinski definition) is 0. The second-order valence-corrected chi connectivity index (χ2v) is 2.04. The molecule has 2 heteroatoms. The molecule has 2 aliphatic rings. The van der Waals surface area contributed by atoms with Gasteiger partial charge in [0.1, 0.15) is 5.84 Å². The Labute approximate surface area is 59.9 Å². The van der Waals surface area contributed by atoms with Gasteiger partial charge in [-0.1, -0.05) is 0 Å².